The zero-order chi connectivity index (χ0) is 10.7. The highest BCUT2D eigenvalue weighted by molar-refractivity contribution is 4.99. The molecule has 0 radical (unpaired) electrons. The maximum absolute atomic E-state index is 8.88. The van der Waals surface area contributed by atoms with Crippen LogP contribution < -0.4 is 0 Å². The number of nitrogens with zero attached hydrogens (tertiary/aromatic N) is 4. The third-order valence-electron chi connectivity index (χ3n) is 2.84. The molecule has 1 aromatic rings. The van der Waals surface area contributed by atoms with Crippen LogP contribution in [0.5, 0.6) is 0 Å². The molecule has 0 bridgehead atoms. The molecular formula is C11H16N4. The van der Waals surface area contributed by atoms with Gasteiger partial charge >= 0.3 is 0 Å². The summed E-state index contributed by atoms with van der Waals surface area (Å²) >= 11 is 0. The largest absolute Gasteiger partial charge is 0.296 e. The summed E-state index contributed by atoms with van der Waals surface area (Å²) in [4.78, 5) is 2.32. The molecule has 1 saturated heterocycles. The number of aryl methyl sites for hydroxylation is 1. The second kappa shape index (κ2) is 4.45. The SMILES string of the molecule is Cn1ccc(CN2CCCC(C#N)C2)n1. The molecule has 1 aliphatic heterocycles. The summed E-state index contributed by atoms with van der Waals surface area (Å²) in [5.41, 5.74) is 1.09. The quantitative estimate of drug-likeness (QED) is 0.726. The molecule has 0 N–H and O–H groups in total. The van der Waals surface area contributed by atoms with Crippen LogP contribution in [-0.2, 0) is 13.6 Å². The fourth-order valence-corrected chi connectivity index (χ4v) is 2.08. The minimum absolute atomic E-state index is 0.211. The van der Waals surface area contributed by atoms with Gasteiger partial charge in [-0.25, -0.2) is 0 Å². The molecule has 0 amide bonds. The average Bonchev–Trinajstić information content (AvgIpc) is 2.64. The van der Waals surface area contributed by atoms with Crippen molar-refractivity contribution in [3.05, 3.63) is 18.0 Å². The van der Waals surface area contributed by atoms with Gasteiger partial charge < -0.3 is 0 Å². The highest BCUT2D eigenvalue weighted by Gasteiger charge is 2.19. The lowest BCUT2D eigenvalue weighted by atomic mass is 10.00. The van der Waals surface area contributed by atoms with Crippen LogP contribution >= 0.6 is 0 Å². The van der Waals surface area contributed by atoms with E-state index in [2.05, 4.69) is 16.1 Å². The first-order valence-electron chi connectivity index (χ1n) is 5.38. The Morgan fingerprint density at radius 3 is 3.20 bits per heavy atom. The second-order valence-electron chi connectivity index (χ2n) is 4.18. The Hall–Kier alpha value is -1.34. The molecule has 2 rings (SSSR count). The van der Waals surface area contributed by atoms with Gasteiger partial charge in [-0.05, 0) is 25.5 Å². The maximum atomic E-state index is 8.88. The van der Waals surface area contributed by atoms with E-state index in [0.29, 0.717) is 0 Å². The van der Waals surface area contributed by atoms with Crippen LogP contribution in [0.1, 0.15) is 18.5 Å². The molecule has 0 spiro atoms. The lowest BCUT2D eigenvalue weighted by Gasteiger charge is -2.28. The highest BCUT2D eigenvalue weighted by atomic mass is 15.3. The molecule has 1 aromatic heterocycles. The first kappa shape index (κ1) is 10.2. The van der Waals surface area contributed by atoms with Gasteiger partial charge in [0.05, 0.1) is 17.7 Å². The van der Waals surface area contributed by atoms with Gasteiger partial charge in [-0.2, -0.15) is 10.4 Å². The van der Waals surface area contributed by atoms with E-state index in [0.717, 1.165) is 38.2 Å². The van der Waals surface area contributed by atoms with Crippen molar-refractivity contribution in [2.75, 3.05) is 13.1 Å². The standard InChI is InChI=1S/C11H16N4/c1-14-6-4-11(13-14)9-15-5-2-3-10(7-12)8-15/h4,6,10H,2-3,5,8-9H2,1H3. The van der Waals surface area contributed by atoms with E-state index in [4.69, 9.17) is 5.26 Å². The monoisotopic (exact) mass is 204 g/mol. The molecule has 0 aromatic carbocycles. The Morgan fingerprint density at radius 2 is 2.53 bits per heavy atom. The first-order chi connectivity index (χ1) is 7.28. The summed E-state index contributed by atoms with van der Waals surface area (Å²) in [7, 11) is 1.93. The molecule has 4 nitrogen and oxygen atoms in total. The van der Waals surface area contributed by atoms with Crippen molar-refractivity contribution in [2.45, 2.75) is 19.4 Å². The summed E-state index contributed by atoms with van der Waals surface area (Å²) < 4.78 is 1.82. The Balaban J connectivity index is 1.92. The fraction of sp³-hybridized carbons (Fsp3) is 0.636. The number of nitriles is 1. The van der Waals surface area contributed by atoms with E-state index in [1.807, 2.05) is 24.0 Å². The van der Waals surface area contributed by atoms with Crippen molar-refractivity contribution in [1.29, 1.82) is 5.26 Å². The summed E-state index contributed by atoms with van der Waals surface area (Å²) in [6.45, 7) is 2.86. The fourth-order valence-electron chi connectivity index (χ4n) is 2.08. The zero-order valence-electron chi connectivity index (χ0n) is 9.06. The van der Waals surface area contributed by atoms with Crippen LogP contribution in [0.3, 0.4) is 0 Å². The van der Waals surface area contributed by atoms with Crippen molar-refractivity contribution in [3.63, 3.8) is 0 Å². The molecule has 4 heteroatoms. The predicted molar refractivity (Wildman–Crippen MR) is 56.8 cm³/mol. The third kappa shape index (κ3) is 2.57. The van der Waals surface area contributed by atoms with Crippen LogP contribution in [0.25, 0.3) is 0 Å². The van der Waals surface area contributed by atoms with Gasteiger partial charge in [0.15, 0.2) is 0 Å². The minimum Gasteiger partial charge on any atom is -0.296 e. The van der Waals surface area contributed by atoms with E-state index in [-0.39, 0.29) is 5.92 Å². The van der Waals surface area contributed by atoms with Crippen molar-refractivity contribution in [1.82, 2.24) is 14.7 Å². The van der Waals surface area contributed by atoms with Crippen LogP contribution in [0.2, 0.25) is 0 Å². The van der Waals surface area contributed by atoms with Crippen LogP contribution in [-0.4, -0.2) is 27.8 Å². The molecule has 80 valence electrons. The average molecular weight is 204 g/mol. The molecule has 0 aliphatic carbocycles. The third-order valence-corrected chi connectivity index (χ3v) is 2.84. The van der Waals surface area contributed by atoms with Crippen LogP contribution in [0.4, 0.5) is 0 Å². The van der Waals surface area contributed by atoms with E-state index in [1.165, 1.54) is 0 Å². The van der Waals surface area contributed by atoms with Crippen LogP contribution in [0.15, 0.2) is 12.3 Å². The lowest BCUT2D eigenvalue weighted by molar-refractivity contribution is 0.190. The summed E-state index contributed by atoms with van der Waals surface area (Å²) in [6.07, 6.45) is 4.14. The summed E-state index contributed by atoms with van der Waals surface area (Å²) in [6, 6.07) is 4.40. The molecule has 1 atom stereocenters. The Kier molecular flexibility index (Phi) is 3.02. The number of likely N-dealkylation sites (tertiary alicyclic amines) is 1. The van der Waals surface area contributed by atoms with Gasteiger partial charge in [0.25, 0.3) is 0 Å². The van der Waals surface area contributed by atoms with Crippen LogP contribution in [0, 0.1) is 17.2 Å². The van der Waals surface area contributed by atoms with E-state index < -0.39 is 0 Å². The molecule has 1 aliphatic rings. The predicted octanol–water partition coefficient (Wildman–Crippen LogP) is 1.16. The topological polar surface area (TPSA) is 44.9 Å². The van der Waals surface area contributed by atoms with E-state index >= 15 is 0 Å². The van der Waals surface area contributed by atoms with Gasteiger partial charge in [-0.3, -0.25) is 9.58 Å². The smallest absolute Gasteiger partial charge is 0.0764 e. The van der Waals surface area contributed by atoms with E-state index in [1.54, 1.807) is 0 Å². The summed E-state index contributed by atoms with van der Waals surface area (Å²) in [5.74, 6) is 0.211. The van der Waals surface area contributed by atoms with Gasteiger partial charge in [-0.1, -0.05) is 0 Å². The Bertz CT molecular complexity index is 363. The number of hydrogen-bond donors (Lipinski definition) is 0. The molecule has 15 heavy (non-hydrogen) atoms. The molecule has 0 saturated carbocycles. The maximum Gasteiger partial charge on any atom is 0.0764 e. The molecule has 2 heterocycles. The number of hydrogen-bond acceptors (Lipinski definition) is 3. The molecule has 1 unspecified atom stereocenters. The Morgan fingerprint density at radius 1 is 1.67 bits per heavy atom. The number of aromatic nitrogens is 2. The van der Waals surface area contributed by atoms with Crippen molar-refractivity contribution < 1.29 is 0 Å². The number of piperidine rings is 1. The molecule has 1 fully saturated rings. The Labute approximate surface area is 90.1 Å². The van der Waals surface area contributed by atoms with Gasteiger partial charge in [0.1, 0.15) is 0 Å². The lowest BCUT2D eigenvalue weighted by Crippen LogP contribution is -2.34. The zero-order valence-corrected chi connectivity index (χ0v) is 9.06. The van der Waals surface area contributed by atoms with Gasteiger partial charge in [0.2, 0.25) is 0 Å². The van der Waals surface area contributed by atoms with Crippen molar-refractivity contribution in [3.8, 4) is 6.07 Å². The van der Waals surface area contributed by atoms with Gasteiger partial charge in [0, 0.05) is 26.3 Å². The van der Waals surface area contributed by atoms with E-state index in [9.17, 15) is 0 Å². The first-order valence-corrected chi connectivity index (χ1v) is 5.38. The van der Waals surface area contributed by atoms with Gasteiger partial charge in [-0.15, -0.1) is 0 Å². The molecular weight excluding hydrogens is 188 g/mol. The van der Waals surface area contributed by atoms with Crippen molar-refractivity contribution >= 4 is 0 Å². The number of rotatable bonds is 2. The minimum atomic E-state index is 0.211. The van der Waals surface area contributed by atoms with Crippen molar-refractivity contribution in [2.24, 2.45) is 13.0 Å². The normalized spacial score (nSPS) is 22.5. The second-order valence-corrected chi connectivity index (χ2v) is 4.18. The summed E-state index contributed by atoms with van der Waals surface area (Å²) in [5, 5.41) is 13.2. The highest BCUT2D eigenvalue weighted by Crippen LogP contribution is 2.16.